The summed E-state index contributed by atoms with van der Waals surface area (Å²) in [6.45, 7) is 7.56. The Morgan fingerprint density at radius 2 is 2.00 bits per heavy atom. The van der Waals surface area contributed by atoms with Crippen LogP contribution < -0.4 is 5.32 Å². The molecular weight excluding hydrogens is 236 g/mol. The fourth-order valence-corrected chi connectivity index (χ4v) is 2.50. The lowest BCUT2D eigenvalue weighted by Crippen LogP contribution is -2.23. The molecule has 1 unspecified atom stereocenters. The maximum atomic E-state index is 4.73. The van der Waals surface area contributed by atoms with E-state index in [0.29, 0.717) is 6.04 Å². The van der Waals surface area contributed by atoms with Crippen LogP contribution in [0.25, 0.3) is 0 Å². The van der Waals surface area contributed by atoms with Gasteiger partial charge in [0.2, 0.25) is 5.95 Å². The Bertz CT molecular complexity index is 566. The topological polar surface area (TPSA) is 42.7 Å². The van der Waals surface area contributed by atoms with Gasteiger partial charge in [0.1, 0.15) is 0 Å². The number of anilines is 1. The molecule has 4 nitrogen and oxygen atoms in total. The number of nitrogens with one attached hydrogen (secondary N) is 1. The molecule has 0 aromatic carbocycles. The van der Waals surface area contributed by atoms with E-state index in [1.54, 1.807) is 0 Å². The van der Waals surface area contributed by atoms with E-state index in [1.807, 2.05) is 12.4 Å². The summed E-state index contributed by atoms with van der Waals surface area (Å²) in [6, 6.07) is 4.55. The molecule has 0 fully saturated rings. The van der Waals surface area contributed by atoms with Crippen LogP contribution in [0.4, 0.5) is 5.95 Å². The van der Waals surface area contributed by atoms with Crippen LogP contribution >= 0.6 is 0 Å². The molecule has 0 radical (unpaired) electrons. The lowest BCUT2D eigenvalue weighted by Gasteiger charge is -2.26. The maximum absolute atomic E-state index is 4.73. The van der Waals surface area contributed by atoms with Crippen LogP contribution in [0.3, 0.4) is 0 Å². The minimum absolute atomic E-state index is 0.0782. The van der Waals surface area contributed by atoms with Crippen LogP contribution in [0.5, 0.6) is 0 Å². The molecule has 3 heterocycles. The van der Waals surface area contributed by atoms with Crippen molar-refractivity contribution in [1.29, 1.82) is 0 Å². The van der Waals surface area contributed by atoms with Gasteiger partial charge in [-0.2, -0.15) is 0 Å². The second-order valence-corrected chi connectivity index (χ2v) is 6.12. The summed E-state index contributed by atoms with van der Waals surface area (Å²) in [4.78, 5) is 8.83. The summed E-state index contributed by atoms with van der Waals surface area (Å²) in [5, 5.41) is 3.39. The standard InChI is InChI=1S/C15H20N4/c1-15(2,3)13-10-19-12(6-9-17-14(19)18-13)11-4-7-16-8-5-11/h4-5,7-8,10,12H,6,9H2,1-3H3,(H,17,18). The van der Waals surface area contributed by atoms with Gasteiger partial charge in [-0.3, -0.25) is 4.98 Å². The first-order valence-corrected chi connectivity index (χ1v) is 6.79. The van der Waals surface area contributed by atoms with Gasteiger partial charge in [-0.25, -0.2) is 4.98 Å². The highest BCUT2D eigenvalue weighted by Gasteiger charge is 2.26. The number of aromatic nitrogens is 3. The Kier molecular flexibility index (Phi) is 2.81. The van der Waals surface area contributed by atoms with Crippen molar-refractivity contribution in [2.75, 3.05) is 11.9 Å². The largest absolute Gasteiger partial charge is 0.356 e. The predicted molar refractivity (Wildman–Crippen MR) is 76.4 cm³/mol. The summed E-state index contributed by atoms with van der Waals surface area (Å²) in [5.41, 5.74) is 2.51. The second kappa shape index (κ2) is 4.37. The Morgan fingerprint density at radius 3 is 2.68 bits per heavy atom. The molecule has 0 spiro atoms. The highest BCUT2D eigenvalue weighted by Crippen LogP contribution is 2.32. The first kappa shape index (κ1) is 12.2. The van der Waals surface area contributed by atoms with E-state index in [1.165, 1.54) is 5.56 Å². The van der Waals surface area contributed by atoms with Crippen molar-refractivity contribution in [3.8, 4) is 0 Å². The zero-order valence-corrected chi connectivity index (χ0v) is 11.7. The molecule has 0 amide bonds. The van der Waals surface area contributed by atoms with E-state index in [0.717, 1.165) is 24.6 Å². The number of hydrogen-bond donors (Lipinski definition) is 1. The lowest BCUT2D eigenvalue weighted by molar-refractivity contribution is 0.526. The van der Waals surface area contributed by atoms with Crippen LogP contribution in [0.15, 0.2) is 30.7 Å². The molecule has 0 saturated heterocycles. The van der Waals surface area contributed by atoms with Gasteiger partial charge >= 0.3 is 0 Å². The zero-order valence-electron chi connectivity index (χ0n) is 11.7. The third-order valence-corrected chi connectivity index (χ3v) is 3.63. The molecule has 0 saturated carbocycles. The smallest absolute Gasteiger partial charge is 0.203 e. The number of pyridine rings is 1. The van der Waals surface area contributed by atoms with E-state index in [4.69, 9.17) is 4.98 Å². The monoisotopic (exact) mass is 256 g/mol. The van der Waals surface area contributed by atoms with Crippen molar-refractivity contribution in [2.24, 2.45) is 0 Å². The van der Waals surface area contributed by atoms with Gasteiger partial charge in [-0.1, -0.05) is 20.8 Å². The second-order valence-electron chi connectivity index (χ2n) is 6.12. The Morgan fingerprint density at radius 1 is 1.26 bits per heavy atom. The molecule has 1 aliphatic rings. The highest BCUT2D eigenvalue weighted by atomic mass is 15.2. The first-order valence-electron chi connectivity index (χ1n) is 6.79. The quantitative estimate of drug-likeness (QED) is 0.853. The van der Waals surface area contributed by atoms with Crippen LogP contribution in [0.2, 0.25) is 0 Å². The molecule has 1 atom stereocenters. The minimum atomic E-state index is 0.0782. The van der Waals surface area contributed by atoms with Crippen LogP contribution in [-0.2, 0) is 5.41 Å². The fraction of sp³-hybridized carbons (Fsp3) is 0.467. The molecule has 2 aromatic rings. The molecule has 100 valence electrons. The van der Waals surface area contributed by atoms with Crippen molar-refractivity contribution in [1.82, 2.24) is 14.5 Å². The highest BCUT2D eigenvalue weighted by molar-refractivity contribution is 5.37. The third kappa shape index (κ3) is 2.23. The number of fused-ring (bicyclic) bond motifs is 1. The number of imidazole rings is 1. The van der Waals surface area contributed by atoms with E-state index in [9.17, 15) is 0 Å². The SMILES string of the molecule is CC(C)(C)c1cn2c(n1)NCCC2c1ccncc1. The predicted octanol–water partition coefficient (Wildman–Crippen LogP) is 2.98. The number of nitrogens with zero attached hydrogens (tertiary/aromatic N) is 3. The molecule has 1 N–H and O–H groups in total. The Hall–Kier alpha value is -1.84. The van der Waals surface area contributed by atoms with Crippen molar-refractivity contribution in [3.63, 3.8) is 0 Å². The molecule has 1 aliphatic heterocycles. The summed E-state index contributed by atoms with van der Waals surface area (Å²) in [7, 11) is 0. The zero-order chi connectivity index (χ0) is 13.5. The Balaban J connectivity index is 2.03. The molecule has 4 heteroatoms. The average Bonchev–Trinajstić information content (AvgIpc) is 2.83. The molecule has 3 rings (SSSR count). The van der Waals surface area contributed by atoms with Gasteiger partial charge in [0.25, 0.3) is 0 Å². The van der Waals surface area contributed by atoms with E-state index >= 15 is 0 Å². The van der Waals surface area contributed by atoms with Crippen molar-refractivity contribution >= 4 is 5.95 Å². The minimum Gasteiger partial charge on any atom is -0.356 e. The molecule has 0 bridgehead atoms. The normalized spacial score (nSPS) is 18.8. The van der Waals surface area contributed by atoms with Gasteiger partial charge in [0.05, 0.1) is 11.7 Å². The van der Waals surface area contributed by atoms with Crippen LogP contribution in [-0.4, -0.2) is 21.1 Å². The molecular formula is C15H20N4. The van der Waals surface area contributed by atoms with E-state index < -0.39 is 0 Å². The average molecular weight is 256 g/mol. The number of hydrogen-bond acceptors (Lipinski definition) is 3. The van der Waals surface area contributed by atoms with Crippen molar-refractivity contribution < 1.29 is 0 Å². The van der Waals surface area contributed by atoms with Gasteiger partial charge in [0.15, 0.2) is 0 Å². The van der Waals surface area contributed by atoms with Crippen molar-refractivity contribution in [3.05, 3.63) is 42.0 Å². The summed E-state index contributed by atoms with van der Waals surface area (Å²) in [6.07, 6.45) is 6.99. The van der Waals surface area contributed by atoms with Crippen LogP contribution in [0.1, 0.15) is 44.5 Å². The molecule has 19 heavy (non-hydrogen) atoms. The third-order valence-electron chi connectivity index (χ3n) is 3.63. The van der Waals surface area contributed by atoms with E-state index in [2.05, 4.69) is 54.0 Å². The van der Waals surface area contributed by atoms with Gasteiger partial charge in [-0.15, -0.1) is 0 Å². The van der Waals surface area contributed by atoms with Crippen LogP contribution in [0, 0.1) is 0 Å². The summed E-state index contributed by atoms with van der Waals surface area (Å²) < 4.78 is 2.26. The molecule has 2 aromatic heterocycles. The Labute approximate surface area is 113 Å². The van der Waals surface area contributed by atoms with Gasteiger partial charge in [-0.05, 0) is 24.1 Å². The lowest BCUT2D eigenvalue weighted by atomic mass is 9.93. The van der Waals surface area contributed by atoms with Gasteiger partial charge in [0, 0.05) is 30.6 Å². The first-order chi connectivity index (χ1) is 9.05. The summed E-state index contributed by atoms with van der Waals surface area (Å²) >= 11 is 0. The van der Waals surface area contributed by atoms with E-state index in [-0.39, 0.29) is 5.41 Å². The molecule has 0 aliphatic carbocycles. The number of rotatable bonds is 1. The maximum Gasteiger partial charge on any atom is 0.203 e. The van der Waals surface area contributed by atoms with Gasteiger partial charge < -0.3 is 9.88 Å². The fourth-order valence-electron chi connectivity index (χ4n) is 2.50. The van der Waals surface area contributed by atoms with Crippen molar-refractivity contribution in [2.45, 2.75) is 38.6 Å². The summed E-state index contributed by atoms with van der Waals surface area (Å²) in [5.74, 6) is 0.984.